The molecule has 2 atom stereocenters. The van der Waals surface area contributed by atoms with Gasteiger partial charge in [-0.1, -0.05) is 18.2 Å². The van der Waals surface area contributed by atoms with Crippen LogP contribution < -0.4 is 19.5 Å². The van der Waals surface area contributed by atoms with E-state index in [0.717, 1.165) is 22.4 Å². The highest BCUT2D eigenvalue weighted by atomic mass is 32.2. The minimum atomic E-state index is -0.825. The first-order chi connectivity index (χ1) is 14.4. The molecular weight excluding hydrogens is 402 g/mol. The number of hydrogen-bond acceptors (Lipinski definition) is 6. The molecule has 0 radical (unpaired) electrons. The second-order valence-electron chi connectivity index (χ2n) is 7.26. The molecule has 30 heavy (non-hydrogen) atoms. The predicted octanol–water partition coefficient (Wildman–Crippen LogP) is 4.26. The van der Waals surface area contributed by atoms with Crippen molar-refractivity contribution in [2.24, 2.45) is 0 Å². The van der Waals surface area contributed by atoms with Crippen LogP contribution in [-0.4, -0.2) is 42.7 Å². The van der Waals surface area contributed by atoms with Crippen molar-refractivity contribution in [3.63, 3.8) is 0 Å². The summed E-state index contributed by atoms with van der Waals surface area (Å²) < 4.78 is 17.7. The number of rotatable bonds is 9. The van der Waals surface area contributed by atoms with Crippen molar-refractivity contribution in [2.75, 3.05) is 25.6 Å². The summed E-state index contributed by atoms with van der Waals surface area (Å²) >= 11 is 1.58. The fourth-order valence-corrected chi connectivity index (χ4v) is 4.55. The third-order valence-electron chi connectivity index (χ3n) is 5.11. The van der Waals surface area contributed by atoms with Gasteiger partial charge in [0.1, 0.15) is 25.0 Å². The van der Waals surface area contributed by atoms with Gasteiger partial charge in [-0.3, -0.25) is 10.1 Å². The van der Waals surface area contributed by atoms with Crippen LogP contribution in [0.25, 0.3) is 0 Å². The van der Waals surface area contributed by atoms with Crippen molar-refractivity contribution in [3.8, 4) is 17.2 Å². The Morgan fingerprint density at radius 1 is 1.07 bits per heavy atom. The lowest BCUT2D eigenvalue weighted by Crippen LogP contribution is -2.33. The molecule has 2 N–H and O–H groups in total. The molecule has 1 saturated heterocycles. The van der Waals surface area contributed by atoms with Crippen molar-refractivity contribution in [2.45, 2.75) is 39.1 Å². The summed E-state index contributed by atoms with van der Waals surface area (Å²) in [6, 6.07) is 9.37. The van der Waals surface area contributed by atoms with Gasteiger partial charge in [0.05, 0.1) is 12.0 Å². The van der Waals surface area contributed by atoms with Crippen molar-refractivity contribution in [1.29, 1.82) is 0 Å². The molecule has 162 valence electrons. The topological polar surface area (TPSA) is 77.0 Å². The van der Waals surface area contributed by atoms with E-state index in [1.807, 2.05) is 32.0 Å². The van der Waals surface area contributed by atoms with E-state index in [1.165, 1.54) is 5.56 Å². The number of carbonyl (C=O) groups is 1. The maximum atomic E-state index is 11.2. The zero-order valence-corrected chi connectivity index (χ0v) is 18.7. The molecule has 1 heterocycles. The van der Waals surface area contributed by atoms with Gasteiger partial charge in [-0.15, -0.1) is 11.8 Å². The molecule has 0 aliphatic carbocycles. The average molecular weight is 432 g/mol. The van der Waals surface area contributed by atoms with E-state index in [4.69, 9.17) is 14.2 Å². The zero-order chi connectivity index (χ0) is 21.7. The van der Waals surface area contributed by atoms with E-state index in [-0.39, 0.29) is 5.37 Å². The molecule has 1 fully saturated rings. The highest BCUT2D eigenvalue weighted by Crippen LogP contribution is 2.37. The van der Waals surface area contributed by atoms with Crippen molar-refractivity contribution < 1.29 is 24.1 Å². The van der Waals surface area contributed by atoms with Gasteiger partial charge >= 0.3 is 5.97 Å². The van der Waals surface area contributed by atoms with Crippen LogP contribution in [0.15, 0.2) is 30.3 Å². The van der Waals surface area contributed by atoms with Gasteiger partial charge in [-0.2, -0.15) is 0 Å². The highest BCUT2D eigenvalue weighted by molar-refractivity contribution is 7.99. The maximum Gasteiger partial charge on any atom is 0.321 e. The number of benzene rings is 2. The molecule has 0 saturated carbocycles. The Hall–Kier alpha value is -2.38. The molecule has 6 nitrogen and oxygen atoms in total. The van der Waals surface area contributed by atoms with Crippen LogP contribution in [0.3, 0.4) is 0 Å². The lowest BCUT2D eigenvalue weighted by Gasteiger charge is -2.17. The number of aryl methyl sites for hydroxylation is 2. The number of hydrogen-bond donors (Lipinski definition) is 2. The Labute approximate surface area is 181 Å². The highest BCUT2D eigenvalue weighted by Gasteiger charge is 2.30. The SMILES string of the molecule is CCOc1cc(C2NC(C(=O)O)CS2)ccc1OCCOc1c(C)ccc(C)c1C. The largest absolute Gasteiger partial charge is 0.490 e. The lowest BCUT2D eigenvalue weighted by molar-refractivity contribution is -0.138. The monoisotopic (exact) mass is 431 g/mol. The smallest absolute Gasteiger partial charge is 0.321 e. The minimum absolute atomic E-state index is 0.0741. The van der Waals surface area contributed by atoms with Crippen LogP contribution in [0.1, 0.15) is 34.6 Å². The molecule has 0 bridgehead atoms. The molecule has 0 spiro atoms. The number of ether oxygens (including phenoxy) is 3. The van der Waals surface area contributed by atoms with E-state index in [0.29, 0.717) is 37.1 Å². The molecule has 0 amide bonds. The first kappa shape index (κ1) is 22.3. The van der Waals surface area contributed by atoms with E-state index in [1.54, 1.807) is 11.8 Å². The third kappa shape index (κ3) is 5.21. The zero-order valence-electron chi connectivity index (χ0n) is 17.9. The van der Waals surface area contributed by atoms with Gasteiger partial charge in [0.25, 0.3) is 0 Å². The fourth-order valence-electron chi connectivity index (χ4n) is 3.32. The molecular formula is C23H29NO5S. The lowest BCUT2D eigenvalue weighted by atomic mass is 10.1. The van der Waals surface area contributed by atoms with Crippen LogP contribution in [-0.2, 0) is 4.79 Å². The van der Waals surface area contributed by atoms with Gasteiger partial charge < -0.3 is 19.3 Å². The average Bonchev–Trinajstić information content (AvgIpc) is 3.22. The maximum absolute atomic E-state index is 11.2. The van der Waals surface area contributed by atoms with E-state index >= 15 is 0 Å². The number of aliphatic carboxylic acids is 1. The van der Waals surface area contributed by atoms with Gasteiger partial charge in [0, 0.05) is 5.75 Å². The van der Waals surface area contributed by atoms with Crippen LogP contribution in [0.4, 0.5) is 0 Å². The molecule has 1 aliphatic rings. The first-order valence-corrected chi connectivity index (χ1v) is 11.1. The summed E-state index contributed by atoms with van der Waals surface area (Å²) in [6.07, 6.45) is 0. The van der Waals surface area contributed by atoms with Gasteiger partial charge in [-0.05, 0) is 62.1 Å². The molecule has 2 unspecified atom stereocenters. The number of carboxylic acids is 1. The van der Waals surface area contributed by atoms with Crippen molar-refractivity contribution >= 4 is 17.7 Å². The van der Waals surface area contributed by atoms with E-state index < -0.39 is 12.0 Å². The Morgan fingerprint density at radius 3 is 2.50 bits per heavy atom. The van der Waals surface area contributed by atoms with Gasteiger partial charge in [0.15, 0.2) is 11.5 Å². The first-order valence-electron chi connectivity index (χ1n) is 10.1. The van der Waals surface area contributed by atoms with Crippen LogP contribution in [0.5, 0.6) is 17.2 Å². The normalized spacial score (nSPS) is 18.3. The van der Waals surface area contributed by atoms with Crippen molar-refractivity contribution in [3.05, 3.63) is 52.6 Å². The van der Waals surface area contributed by atoms with E-state index in [2.05, 4.69) is 31.3 Å². The predicted molar refractivity (Wildman–Crippen MR) is 119 cm³/mol. The van der Waals surface area contributed by atoms with Crippen LogP contribution in [0, 0.1) is 20.8 Å². The minimum Gasteiger partial charge on any atom is -0.490 e. The third-order valence-corrected chi connectivity index (χ3v) is 6.38. The molecule has 1 aliphatic heterocycles. The number of carboxylic acid groups (broad SMARTS) is 1. The quantitative estimate of drug-likeness (QED) is 0.575. The summed E-state index contributed by atoms with van der Waals surface area (Å²) in [4.78, 5) is 11.2. The summed E-state index contributed by atoms with van der Waals surface area (Å²) in [5.41, 5.74) is 4.44. The Bertz CT molecular complexity index is 901. The van der Waals surface area contributed by atoms with Crippen molar-refractivity contribution in [1.82, 2.24) is 5.32 Å². The fraction of sp³-hybridized carbons (Fsp3) is 0.435. The number of nitrogens with one attached hydrogen (secondary N) is 1. The van der Waals surface area contributed by atoms with Gasteiger partial charge in [-0.25, -0.2) is 0 Å². The Morgan fingerprint density at radius 2 is 1.80 bits per heavy atom. The summed E-state index contributed by atoms with van der Waals surface area (Å²) in [7, 11) is 0. The molecule has 0 aromatic heterocycles. The Balaban J connectivity index is 1.62. The van der Waals surface area contributed by atoms with Gasteiger partial charge in [0.2, 0.25) is 0 Å². The summed E-state index contributed by atoms with van der Waals surface area (Å²) in [5, 5.41) is 12.2. The standard InChI is InChI=1S/C23H29NO5S/c1-5-27-20-12-17(22-24-18(13-30-22)23(25)26)8-9-19(20)28-10-11-29-21-15(3)7-6-14(2)16(21)4/h6-9,12,18,22,24H,5,10-11,13H2,1-4H3,(H,25,26). The molecule has 3 rings (SSSR count). The molecule has 7 heteroatoms. The van der Waals surface area contributed by atoms with E-state index in [9.17, 15) is 9.90 Å². The second kappa shape index (κ2) is 10.1. The number of thioether (sulfide) groups is 1. The Kier molecular flexibility index (Phi) is 7.50. The summed E-state index contributed by atoms with van der Waals surface area (Å²) in [5.74, 6) is 1.93. The molecule has 2 aromatic rings. The summed E-state index contributed by atoms with van der Waals surface area (Å²) in [6.45, 7) is 9.44. The van der Waals surface area contributed by atoms with Crippen LogP contribution in [0.2, 0.25) is 0 Å². The second-order valence-corrected chi connectivity index (χ2v) is 8.40. The molecule has 2 aromatic carbocycles. The van der Waals surface area contributed by atoms with Crippen LogP contribution >= 0.6 is 11.8 Å².